The Kier molecular flexibility index (Phi) is 2.95. The summed E-state index contributed by atoms with van der Waals surface area (Å²) in [6.07, 6.45) is 1.35. The molecule has 1 aromatic carbocycles. The molecule has 0 aliphatic carbocycles. The molecule has 0 unspecified atom stereocenters. The van der Waals surface area contributed by atoms with E-state index in [9.17, 15) is 4.79 Å². The van der Waals surface area contributed by atoms with E-state index < -0.39 is 0 Å². The first kappa shape index (κ1) is 10.7. The molecule has 0 atom stereocenters. The average Bonchev–Trinajstić information content (AvgIpc) is 2.49. The number of hydrogen-bond acceptors (Lipinski definition) is 2. The Hall–Kier alpha value is -1.77. The van der Waals surface area contributed by atoms with E-state index in [1.165, 1.54) is 11.6 Å². The Labute approximate surface area is 95.3 Å². The summed E-state index contributed by atoms with van der Waals surface area (Å²) in [5, 5.41) is 0. The van der Waals surface area contributed by atoms with E-state index in [1.54, 1.807) is 4.90 Å². The Morgan fingerprint density at radius 2 is 2.38 bits per heavy atom. The van der Waals surface area contributed by atoms with Crippen LogP contribution in [-0.4, -0.2) is 24.0 Å². The van der Waals surface area contributed by atoms with Crippen LogP contribution in [0.2, 0.25) is 0 Å². The van der Waals surface area contributed by atoms with Crippen molar-refractivity contribution in [3.63, 3.8) is 0 Å². The van der Waals surface area contributed by atoms with Crippen LogP contribution in [0.15, 0.2) is 30.9 Å². The topological polar surface area (TPSA) is 29.5 Å². The third-order valence-electron chi connectivity index (χ3n) is 2.68. The van der Waals surface area contributed by atoms with Gasteiger partial charge in [0.25, 0.3) is 0 Å². The number of fused-ring (bicyclic) bond motifs is 1. The van der Waals surface area contributed by atoms with Gasteiger partial charge in [-0.05, 0) is 19.1 Å². The third kappa shape index (κ3) is 2.08. The largest absolute Gasteiger partial charge is 0.491 e. The highest BCUT2D eigenvalue weighted by Gasteiger charge is 2.17. The Morgan fingerprint density at radius 1 is 1.56 bits per heavy atom. The molecule has 0 fully saturated rings. The lowest BCUT2D eigenvalue weighted by molar-refractivity contribution is -0.126. The van der Waals surface area contributed by atoms with Gasteiger partial charge in [-0.2, -0.15) is 0 Å². The van der Waals surface area contributed by atoms with E-state index in [-0.39, 0.29) is 5.91 Å². The number of benzene rings is 1. The molecule has 0 spiro atoms. The molecule has 1 aliphatic rings. The van der Waals surface area contributed by atoms with Crippen molar-refractivity contribution in [3.05, 3.63) is 42.0 Å². The normalized spacial score (nSPS) is 14.7. The van der Waals surface area contributed by atoms with Gasteiger partial charge in [0, 0.05) is 12.1 Å². The second-order valence-corrected chi connectivity index (χ2v) is 3.92. The molecule has 3 nitrogen and oxygen atoms in total. The van der Waals surface area contributed by atoms with Gasteiger partial charge in [-0.1, -0.05) is 24.3 Å². The smallest absolute Gasteiger partial charge is 0.246 e. The second-order valence-electron chi connectivity index (χ2n) is 3.92. The van der Waals surface area contributed by atoms with Gasteiger partial charge < -0.3 is 9.64 Å². The third-order valence-corrected chi connectivity index (χ3v) is 2.68. The molecule has 16 heavy (non-hydrogen) atoms. The predicted octanol–water partition coefficient (Wildman–Crippen LogP) is 1.90. The number of ether oxygens (including phenoxy) is 1. The maximum absolute atomic E-state index is 11.6. The van der Waals surface area contributed by atoms with E-state index in [4.69, 9.17) is 4.74 Å². The SMILES string of the molecule is C=CC(=O)N1CCOc2ccc(C)cc2C1. The average molecular weight is 217 g/mol. The molecule has 84 valence electrons. The van der Waals surface area contributed by atoms with Crippen molar-refractivity contribution in [2.24, 2.45) is 0 Å². The van der Waals surface area contributed by atoms with Gasteiger partial charge in [0.1, 0.15) is 12.4 Å². The number of carbonyl (C=O) groups is 1. The summed E-state index contributed by atoms with van der Waals surface area (Å²) in [5.74, 6) is 0.836. The lowest BCUT2D eigenvalue weighted by Gasteiger charge is -2.17. The molecule has 1 heterocycles. The van der Waals surface area contributed by atoms with Crippen LogP contribution < -0.4 is 4.74 Å². The first-order valence-electron chi connectivity index (χ1n) is 5.34. The van der Waals surface area contributed by atoms with Gasteiger partial charge in [-0.3, -0.25) is 4.79 Å². The minimum Gasteiger partial charge on any atom is -0.491 e. The highest BCUT2D eigenvalue weighted by atomic mass is 16.5. The van der Waals surface area contributed by atoms with E-state index in [1.807, 2.05) is 19.1 Å². The van der Waals surface area contributed by atoms with Crippen molar-refractivity contribution in [1.82, 2.24) is 4.90 Å². The van der Waals surface area contributed by atoms with E-state index >= 15 is 0 Å². The number of hydrogen-bond donors (Lipinski definition) is 0. The van der Waals surface area contributed by atoms with Crippen LogP contribution >= 0.6 is 0 Å². The molecular weight excluding hydrogens is 202 g/mol. The molecule has 3 heteroatoms. The Morgan fingerprint density at radius 3 is 3.12 bits per heavy atom. The van der Waals surface area contributed by atoms with Crippen molar-refractivity contribution in [2.45, 2.75) is 13.5 Å². The molecule has 0 saturated heterocycles. The molecule has 1 aromatic rings. The summed E-state index contributed by atoms with van der Waals surface area (Å²) >= 11 is 0. The predicted molar refractivity (Wildman–Crippen MR) is 62.3 cm³/mol. The van der Waals surface area contributed by atoms with Crippen LogP contribution in [0, 0.1) is 6.92 Å². The highest BCUT2D eigenvalue weighted by molar-refractivity contribution is 5.87. The fourth-order valence-electron chi connectivity index (χ4n) is 1.84. The zero-order valence-electron chi connectivity index (χ0n) is 9.40. The number of carbonyl (C=O) groups excluding carboxylic acids is 1. The lowest BCUT2D eigenvalue weighted by Crippen LogP contribution is -2.30. The summed E-state index contributed by atoms with van der Waals surface area (Å²) < 4.78 is 5.60. The fourth-order valence-corrected chi connectivity index (χ4v) is 1.84. The standard InChI is InChI=1S/C13H15NO2/c1-3-13(15)14-6-7-16-12-5-4-10(2)8-11(12)9-14/h3-5,8H,1,6-7,9H2,2H3. The van der Waals surface area contributed by atoms with Crippen LogP contribution in [0.5, 0.6) is 5.75 Å². The zero-order valence-corrected chi connectivity index (χ0v) is 9.40. The van der Waals surface area contributed by atoms with Crippen molar-refractivity contribution >= 4 is 5.91 Å². The van der Waals surface area contributed by atoms with E-state index in [2.05, 4.69) is 12.6 Å². The molecule has 0 bridgehead atoms. The maximum atomic E-state index is 11.6. The summed E-state index contributed by atoms with van der Waals surface area (Å²) in [7, 11) is 0. The molecule has 1 aliphatic heterocycles. The van der Waals surface area contributed by atoms with Gasteiger partial charge in [0.2, 0.25) is 5.91 Å². The number of aryl methyl sites for hydroxylation is 1. The molecule has 2 rings (SSSR count). The quantitative estimate of drug-likeness (QED) is 0.672. The van der Waals surface area contributed by atoms with Crippen LogP contribution in [0.3, 0.4) is 0 Å². The van der Waals surface area contributed by atoms with Gasteiger partial charge in [-0.15, -0.1) is 0 Å². The molecule has 0 aromatic heterocycles. The van der Waals surface area contributed by atoms with Gasteiger partial charge >= 0.3 is 0 Å². The summed E-state index contributed by atoms with van der Waals surface area (Å²) in [6.45, 7) is 7.29. The second kappa shape index (κ2) is 4.39. The van der Waals surface area contributed by atoms with Gasteiger partial charge in [0.05, 0.1) is 6.54 Å². The maximum Gasteiger partial charge on any atom is 0.246 e. The first-order chi connectivity index (χ1) is 7.70. The first-order valence-corrected chi connectivity index (χ1v) is 5.34. The van der Waals surface area contributed by atoms with Crippen molar-refractivity contribution < 1.29 is 9.53 Å². The molecular formula is C13H15NO2. The molecule has 1 amide bonds. The van der Waals surface area contributed by atoms with Crippen molar-refractivity contribution in [3.8, 4) is 5.75 Å². The fraction of sp³-hybridized carbons (Fsp3) is 0.308. The Bertz CT molecular complexity index is 426. The van der Waals surface area contributed by atoms with Crippen LogP contribution in [0.4, 0.5) is 0 Å². The van der Waals surface area contributed by atoms with E-state index in [0.717, 1.165) is 11.3 Å². The number of rotatable bonds is 1. The number of nitrogens with zero attached hydrogens (tertiary/aromatic N) is 1. The molecule has 0 N–H and O–H groups in total. The van der Waals surface area contributed by atoms with Gasteiger partial charge in [0.15, 0.2) is 0 Å². The molecule has 0 saturated carbocycles. The highest BCUT2D eigenvalue weighted by Crippen LogP contribution is 2.24. The van der Waals surface area contributed by atoms with Crippen LogP contribution in [0.1, 0.15) is 11.1 Å². The Balaban J connectivity index is 2.29. The summed E-state index contributed by atoms with van der Waals surface area (Å²) in [4.78, 5) is 13.3. The minimum absolute atomic E-state index is 0.0436. The zero-order chi connectivity index (χ0) is 11.5. The van der Waals surface area contributed by atoms with Crippen LogP contribution in [-0.2, 0) is 11.3 Å². The van der Waals surface area contributed by atoms with Crippen LogP contribution in [0.25, 0.3) is 0 Å². The van der Waals surface area contributed by atoms with Crippen molar-refractivity contribution in [2.75, 3.05) is 13.2 Å². The van der Waals surface area contributed by atoms with Crippen molar-refractivity contribution in [1.29, 1.82) is 0 Å². The monoisotopic (exact) mass is 217 g/mol. The lowest BCUT2D eigenvalue weighted by atomic mass is 10.1. The minimum atomic E-state index is -0.0436. The molecule has 0 radical (unpaired) electrons. The summed E-state index contributed by atoms with van der Waals surface area (Å²) in [5.41, 5.74) is 2.24. The summed E-state index contributed by atoms with van der Waals surface area (Å²) in [6, 6.07) is 6.04. The van der Waals surface area contributed by atoms with Gasteiger partial charge in [-0.25, -0.2) is 0 Å². The van der Waals surface area contributed by atoms with E-state index in [0.29, 0.717) is 19.7 Å². The number of amides is 1.